The highest BCUT2D eigenvalue weighted by molar-refractivity contribution is 8.00. The lowest BCUT2D eigenvalue weighted by Gasteiger charge is -2.13. The van der Waals surface area contributed by atoms with Crippen molar-refractivity contribution >= 4 is 23.5 Å². The fourth-order valence-corrected chi connectivity index (χ4v) is 3.19. The molecule has 5 heteroatoms. The molecule has 2 aromatic carbocycles. The molecule has 0 saturated carbocycles. The van der Waals surface area contributed by atoms with Crippen molar-refractivity contribution in [2.24, 2.45) is 0 Å². The molecular formula is C19H20O4S. The zero-order valence-corrected chi connectivity index (χ0v) is 14.3. The van der Waals surface area contributed by atoms with Crippen LogP contribution in [0, 0.1) is 0 Å². The van der Waals surface area contributed by atoms with Crippen LogP contribution in [0.3, 0.4) is 0 Å². The van der Waals surface area contributed by atoms with E-state index in [1.165, 1.54) is 18.9 Å². The molecule has 0 saturated heterocycles. The van der Waals surface area contributed by atoms with E-state index < -0.39 is 11.2 Å². The van der Waals surface area contributed by atoms with Crippen molar-refractivity contribution < 1.29 is 19.4 Å². The van der Waals surface area contributed by atoms with E-state index in [1.807, 2.05) is 42.5 Å². The number of rotatable bonds is 8. The number of thioether (sulfide) groups is 1. The number of methoxy groups -OCH3 is 1. The fraction of sp³-hybridized carbons (Fsp3) is 0.263. The van der Waals surface area contributed by atoms with Crippen LogP contribution in [0.25, 0.3) is 11.1 Å². The number of hydrogen-bond acceptors (Lipinski definition) is 5. The minimum absolute atomic E-state index is 0.0435. The average Bonchev–Trinajstić information content (AvgIpc) is 2.65. The van der Waals surface area contributed by atoms with Gasteiger partial charge in [0.05, 0.1) is 13.7 Å². The van der Waals surface area contributed by atoms with E-state index in [0.29, 0.717) is 11.3 Å². The normalized spacial score (nSPS) is 11.8. The van der Waals surface area contributed by atoms with Crippen LogP contribution in [0.4, 0.5) is 0 Å². The molecule has 1 unspecified atom stereocenters. The van der Waals surface area contributed by atoms with Crippen LogP contribution >= 0.6 is 11.8 Å². The first-order chi connectivity index (χ1) is 11.7. The van der Waals surface area contributed by atoms with Crippen molar-refractivity contribution in [3.8, 4) is 11.1 Å². The van der Waals surface area contributed by atoms with Crippen molar-refractivity contribution in [3.63, 3.8) is 0 Å². The third-order valence-electron chi connectivity index (χ3n) is 3.56. The van der Waals surface area contributed by atoms with Crippen molar-refractivity contribution in [3.05, 3.63) is 60.2 Å². The summed E-state index contributed by atoms with van der Waals surface area (Å²) >= 11 is 1.23. The van der Waals surface area contributed by atoms with Gasteiger partial charge in [-0.3, -0.25) is 9.59 Å². The highest BCUT2D eigenvalue weighted by atomic mass is 32.2. The lowest BCUT2D eigenvalue weighted by atomic mass is 10.0. The molecule has 2 aromatic rings. The highest BCUT2D eigenvalue weighted by Gasteiger charge is 2.23. The van der Waals surface area contributed by atoms with Gasteiger partial charge in [0.1, 0.15) is 5.25 Å². The Morgan fingerprint density at radius 1 is 1.04 bits per heavy atom. The molecule has 0 aromatic heterocycles. The number of hydrogen-bond donors (Lipinski definition) is 1. The molecule has 0 amide bonds. The second kappa shape index (κ2) is 9.25. The van der Waals surface area contributed by atoms with Crippen LogP contribution in [0.15, 0.2) is 54.6 Å². The van der Waals surface area contributed by atoms with Gasteiger partial charge < -0.3 is 9.84 Å². The van der Waals surface area contributed by atoms with Gasteiger partial charge in [-0.05, 0) is 11.1 Å². The van der Waals surface area contributed by atoms with Crippen LogP contribution < -0.4 is 0 Å². The molecule has 4 nitrogen and oxygen atoms in total. The van der Waals surface area contributed by atoms with Gasteiger partial charge in [-0.15, -0.1) is 11.8 Å². The second-order valence-corrected chi connectivity index (χ2v) is 6.49. The molecule has 0 bridgehead atoms. The van der Waals surface area contributed by atoms with Gasteiger partial charge in [0.15, 0.2) is 5.78 Å². The van der Waals surface area contributed by atoms with Gasteiger partial charge in [0.2, 0.25) is 0 Å². The summed E-state index contributed by atoms with van der Waals surface area (Å²) in [5.74, 6) is -0.168. The number of esters is 1. The number of aliphatic hydroxyl groups excluding tert-OH is 1. The largest absolute Gasteiger partial charge is 0.468 e. The number of benzene rings is 2. The van der Waals surface area contributed by atoms with Crippen LogP contribution in [-0.4, -0.2) is 41.6 Å². The van der Waals surface area contributed by atoms with Crippen LogP contribution in [0.2, 0.25) is 0 Å². The quantitative estimate of drug-likeness (QED) is 0.588. The smallest absolute Gasteiger partial charge is 0.319 e. The molecule has 0 aliphatic heterocycles. The number of Topliss-reactive ketones (excluding diaryl/α,β-unsaturated/α-hetero) is 1. The molecule has 0 aliphatic carbocycles. The number of carbonyl (C=O) groups excluding carboxylic acids is 2. The Hall–Kier alpha value is -2.11. The van der Waals surface area contributed by atoms with Crippen LogP contribution in [-0.2, 0) is 9.53 Å². The third-order valence-corrected chi connectivity index (χ3v) is 4.74. The Balaban J connectivity index is 2.07. The monoisotopic (exact) mass is 344 g/mol. The van der Waals surface area contributed by atoms with E-state index in [0.717, 1.165) is 11.1 Å². The first-order valence-corrected chi connectivity index (χ1v) is 8.69. The first-order valence-electron chi connectivity index (χ1n) is 7.64. The average molecular weight is 344 g/mol. The van der Waals surface area contributed by atoms with Gasteiger partial charge >= 0.3 is 5.97 Å². The SMILES string of the molecule is COC(=O)C(CC(=O)c1ccc(-c2ccccc2)cc1)SCCO. The van der Waals surface area contributed by atoms with Gasteiger partial charge in [-0.25, -0.2) is 0 Å². The predicted octanol–water partition coefficient (Wildman–Crippen LogP) is 3.19. The minimum Gasteiger partial charge on any atom is -0.468 e. The summed E-state index contributed by atoms with van der Waals surface area (Å²) in [6.45, 7) is -0.0435. The summed E-state index contributed by atoms with van der Waals surface area (Å²) < 4.78 is 4.73. The lowest BCUT2D eigenvalue weighted by Crippen LogP contribution is -2.23. The minimum atomic E-state index is -0.594. The van der Waals surface area contributed by atoms with E-state index >= 15 is 0 Å². The summed E-state index contributed by atoms with van der Waals surface area (Å²) in [6, 6.07) is 17.3. The number of aliphatic hydroxyl groups is 1. The van der Waals surface area contributed by atoms with Gasteiger partial charge in [0.25, 0.3) is 0 Å². The number of ketones is 1. The predicted molar refractivity (Wildman–Crippen MR) is 96.2 cm³/mol. The van der Waals surface area contributed by atoms with Gasteiger partial charge in [-0.2, -0.15) is 0 Å². The molecule has 0 radical (unpaired) electrons. The molecular weight excluding hydrogens is 324 g/mol. The maximum Gasteiger partial charge on any atom is 0.319 e. The lowest BCUT2D eigenvalue weighted by molar-refractivity contribution is -0.139. The van der Waals surface area contributed by atoms with Crippen molar-refractivity contribution in [1.82, 2.24) is 0 Å². The number of carbonyl (C=O) groups is 2. The van der Waals surface area contributed by atoms with Crippen LogP contribution in [0.1, 0.15) is 16.8 Å². The highest BCUT2D eigenvalue weighted by Crippen LogP contribution is 2.22. The second-order valence-electron chi connectivity index (χ2n) is 5.18. The Bertz CT molecular complexity index is 668. The molecule has 0 aliphatic rings. The summed E-state index contributed by atoms with van der Waals surface area (Å²) in [7, 11) is 1.30. The fourth-order valence-electron chi connectivity index (χ4n) is 2.30. The van der Waals surface area contributed by atoms with Gasteiger partial charge in [-0.1, -0.05) is 54.6 Å². The third kappa shape index (κ3) is 4.94. The zero-order chi connectivity index (χ0) is 17.4. The summed E-state index contributed by atoms with van der Waals surface area (Å²) in [5, 5.41) is 8.31. The van der Waals surface area contributed by atoms with Crippen molar-refractivity contribution in [2.75, 3.05) is 19.5 Å². The van der Waals surface area contributed by atoms with E-state index in [1.54, 1.807) is 12.1 Å². The standard InChI is InChI=1S/C19H20O4S/c1-23-19(22)18(24-12-11-20)13-17(21)16-9-7-15(8-10-16)14-5-3-2-4-6-14/h2-10,18,20H,11-13H2,1H3. The molecule has 1 atom stereocenters. The molecule has 1 N–H and O–H groups in total. The van der Waals surface area contributed by atoms with Gasteiger partial charge in [0, 0.05) is 17.7 Å². The van der Waals surface area contributed by atoms with E-state index in [-0.39, 0.29) is 18.8 Å². The molecule has 0 fully saturated rings. The van der Waals surface area contributed by atoms with Crippen molar-refractivity contribution in [1.29, 1.82) is 0 Å². The summed E-state index contributed by atoms with van der Waals surface area (Å²) in [4.78, 5) is 24.1. The number of ether oxygens (including phenoxy) is 1. The maximum absolute atomic E-state index is 12.4. The molecule has 126 valence electrons. The Labute approximate surface area is 145 Å². The van der Waals surface area contributed by atoms with E-state index in [4.69, 9.17) is 9.84 Å². The summed E-state index contributed by atoms with van der Waals surface area (Å²) in [6.07, 6.45) is 0.0576. The first kappa shape index (κ1) is 18.2. The maximum atomic E-state index is 12.4. The summed E-state index contributed by atoms with van der Waals surface area (Å²) in [5.41, 5.74) is 2.68. The van der Waals surface area contributed by atoms with E-state index in [9.17, 15) is 9.59 Å². The Kier molecular flexibility index (Phi) is 7.03. The molecule has 0 spiro atoms. The topological polar surface area (TPSA) is 63.6 Å². The zero-order valence-electron chi connectivity index (χ0n) is 13.5. The van der Waals surface area contributed by atoms with Crippen molar-refractivity contribution in [2.45, 2.75) is 11.7 Å². The molecule has 24 heavy (non-hydrogen) atoms. The Morgan fingerprint density at radius 3 is 2.25 bits per heavy atom. The van der Waals surface area contributed by atoms with Crippen LogP contribution in [0.5, 0.6) is 0 Å². The molecule has 0 heterocycles. The Morgan fingerprint density at radius 2 is 1.67 bits per heavy atom. The van der Waals surface area contributed by atoms with E-state index in [2.05, 4.69) is 0 Å². The molecule has 2 rings (SSSR count).